The maximum absolute atomic E-state index is 12.5. The van der Waals surface area contributed by atoms with Gasteiger partial charge in [0.25, 0.3) is 5.91 Å². The van der Waals surface area contributed by atoms with Crippen molar-refractivity contribution in [1.82, 2.24) is 9.80 Å². The van der Waals surface area contributed by atoms with Crippen molar-refractivity contribution in [3.05, 3.63) is 69.2 Å². The molecule has 2 aromatic rings. The second-order valence-electron chi connectivity index (χ2n) is 5.71. The zero-order valence-corrected chi connectivity index (χ0v) is 15.1. The topological polar surface area (TPSA) is 23.6 Å². The summed E-state index contributed by atoms with van der Waals surface area (Å²) in [4.78, 5) is 16.8. The lowest BCUT2D eigenvalue weighted by Crippen LogP contribution is -2.48. The Morgan fingerprint density at radius 3 is 2.39 bits per heavy atom. The van der Waals surface area contributed by atoms with Gasteiger partial charge in [-0.1, -0.05) is 45.7 Å². The molecule has 0 aliphatic carbocycles. The minimum atomic E-state index is 0.109. The van der Waals surface area contributed by atoms with Crippen LogP contribution in [0.5, 0.6) is 0 Å². The highest BCUT2D eigenvalue weighted by molar-refractivity contribution is 9.10. The molecule has 0 N–H and O–H groups in total. The summed E-state index contributed by atoms with van der Waals surface area (Å²) in [5.74, 6) is 0.109. The molecule has 1 amide bonds. The molecule has 0 unspecified atom stereocenters. The third-order valence-corrected chi connectivity index (χ3v) is 4.80. The van der Waals surface area contributed by atoms with Crippen molar-refractivity contribution in [3.63, 3.8) is 0 Å². The Bertz CT molecular complexity index is 682. The Labute approximate surface area is 150 Å². The largest absolute Gasteiger partial charge is 0.336 e. The molecule has 0 atom stereocenters. The van der Waals surface area contributed by atoms with E-state index in [1.54, 1.807) is 0 Å². The predicted molar refractivity (Wildman–Crippen MR) is 96.8 cm³/mol. The van der Waals surface area contributed by atoms with E-state index in [4.69, 9.17) is 11.6 Å². The van der Waals surface area contributed by atoms with Crippen LogP contribution in [0.1, 0.15) is 15.9 Å². The Morgan fingerprint density at radius 1 is 1.04 bits per heavy atom. The molecule has 3 rings (SSSR count). The van der Waals surface area contributed by atoms with Crippen molar-refractivity contribution in [3.8, 4) is 0 Å². The second kappa shape index (κ2) is 7.47. The van der Waals surface area contributed by atoms with Gasteiger partial charge in [-0.15, -0.1) is 0 Å². The van der Waals surface area contributed by atoms with Crippen molar-refractivity contribution in [2.75, 3.05) is 26.2 Å². The maximum atomic E-state index is 12.5. The Balaban J connectivity index is 1.55. The molecule has 1 aliphatic rings. The Kier molecular flexibility index (Phi) is 5.36. The molecule has 120 valence electrons. The Morgan fingerprint density at radius 2 is 1.74 bits per heavy atom. The van der Waals surface area contributed by atoms with Crippen LogP contribution < -0.4 is 0 Å². The van der Waals surface area contributed by atoms with Crippen LogP contribution in [0.4, 0.5) is 0 Å². The lowest BCUT2D eigenvalue weighted by atomic mass is 10.1. The molecule has 0 bridgehead atoms. The lowest BCUT2D eigenvalue weighted by molar-refractivity contribution is 0.0628. The highest BCUT2D eigenvalue weighted by atomic mass is 79.9. The van der Waals surface area contributed by atoms with E-state index in [-0.39, 0.29) is 5.91 Å². The average Bonchev–Trinajstić information content (AvgIpc) is 2.57. The fraction of sp³-hybridized carbons (Fsp3) is 0.278. The zero-order chi connectivity index (χ0) is 16.2. The van der Waals surface area contributed by atoms with E-state index in [1.807, 2.05) is 41.3 Å². The van der Waals surface area contributed by atoms with E-state index in [0.717, 1.165) is 47.8 Å². The van der Waals surface area contributed by atoms with Crippen molar-refractivity contribution in [2.24, 2.45) is 0 Å². The minimum Gasteiger partial charge on any atom is -0.336 e. The summed E-state index contributed by atoms with van der Waals surface area (Å²) >= 11 is 9.33. The first kappa shape index (κ1) is 16.5. The van der Waals surface area contributed by atoms with Crippen LogP contribution in [-0.4, -0.2) is 41.9 Å². The van der Waals surface area contributed by atoms with Crippen LogP contribution >= 0.6 is 27.5 Å². The van der Waals surface area contributed by atoms with Gasteiger partial charge in [0.1, 0.15) is 0 Å². The van der Waals surface area contributed by atoms with Crippen molar-refractivity contribution in [1.29, 1.82) is 0 Å². The van der Waals surface area contributed by atoms with Crippen LogP contribution in [-0.2, 0) is 6.54 Å². The quantitative estimate of drug-likeness (QED) is 0.785. The van der Waals surface area contributed by atoms with E-state index in [2.05, 4.69) is 33.0 Å². The molecule has 3 nitrogen and oxygen atoms in total. The summed E-state index contributed by atoms with van der Waals surface area (Å²) in [6, 6.07) is 15.5. The lowest BCUT2D eigenvalue weighted by Gasteiger charge is -2.34. The van der Waals surface area contributed by atoms with Crippen LogP contribution in [0.2, 0.25) is 5.02 Å². The van der Waals surface area contributed by atoms with E-state index < -0.39 is 0 Å². The SMILES string of the molecule is O=C(c1cccc(Br)c1)N1CCN(Cc2ccc(Cl)cc2)CC1. The van der Waals surface area contributed by atoms with Crippen LogP contribution in [0, 0.1) is 0 Å². The van der Waals surface area contributed by atoms with Gasteiger partial charge in [0.2, 0.25) is 0 Å². The van der Waals surface area contributed by atoms with Gasteiger partial charge in [-0.25, -0.2) is 0 Å². The molecule has 0 radical (unpaired) electrons. The number of nitrogens with zero attached hydrogens (tertiary/aromatic N) is 2. The molecule has 1 heterocycles. The molecule has 23 heavy (non-hydrogen) atoms. The number of carbonyl (C=O) groups excluding carboxylic acids is 1. The predicted octanol–water partition coefficient (Wildman–Crippen LogP) is 4.06. The van der Waals surface area contributed by atoms with Gasteiger partial charge in [-0.2, -0.15) is 0 Å². The summed E-state index contributed by atoms with van der Waals surface area (Å²) in [5.41, 5.74) is 1.99. The normalized spacial score (nSPS) is 15.7. The first-order valence-electron chi connectivity index (χ1n) is 7.63. The van der Waals surface area contributed by atoms with Gasteiger partial charge < -0.3 is 4.90 Å². The number of halogens is 2. The molecule has 1 aliphatic heterocycles. The molecule has 0 saturated carbocycles. The van der Waals surface area contributed by atoms with E-state index in [9.17, 15) is 4.79 Å². The minimum absolute atomic E-state index is 0.109. The number of rotatable bonds is 3. The van der Waals surface area contributed by atoms with Crippen LogP contribution in [0.3, 0.4) is 0 Å². The molecular weight excluding hydrogens is 376 g/mol. The molecule has 5 heteroatoms. The zero-order valence-electron chi connectivity index (χ0n) is 12.7. The molecule has 2 aromatic carbocycles. The van der Waals surface area contributed by atoms with E-state index in [0.29, 0.717) is 0 Å². The molecule has 0 spiro atoms. The van der Waals surface area contributed by atoms with Crippen LogP contribution in [0.15, 0.2) is 53.0 Å². The summed E-state index contributed by atoms with van der Waals surface area (Å²) < 4.78 is 0.935. The average molecular weight is 394 g/mol. The highest BCUT2D eigenvalue weighted by Crippen LogP contribution is 2.16. The van der Waals surface area contributed by atoms with Gasteiger partial charge in [0.15, 0.2) is 0 Å². The molecule has 0 aromatic heterocycles. The van der Waals surface area contributed by atoms with Gasteiger partial charge >= 0.3 is 0 Å². The number of hydrogen-bond acceptors (Lipinski definition) is 2. The number of hydrogen-bond donors (Lipinski definition) is 0. The van der Waals surface area contributed by atoms with Crippen molar-refractivity contribution >= 4 is 33.4 Å². The number of amides is 1. The van der Waals surface area contributed by atoms with Gasteiger partial charge in [-0.3, -0.25) is 9.69 Å². The Hall–Kier alpha value is -1.36. The summed E-state index contributed by atoms with van der Waals surface area (Å²) in [7, 11) is 0. The monoisotopic (exact) mass is 392 g/mol. The number of piperazine rings is 1. The van der Waals surface area contributed by atoms with Gasteiger partial charge in [-0.05, 0) is 35.9 Å². The van der Waals surface area contributed by atoms with Gasteiger partial charge in [0, 0.05) is 47.8 Å². The second-order valence-corrected chi connectivity index (χ2v) is 7.06. The first-order valence-corrected chi connectivity index (χ1v) is 8.80. The van der Waals surface area contributed by atoms with E-state index in [1.165, 1.54) is 5.56 Å². The third-order valence-electron chi connectivity index (χ3n) is 4.05. The number of carbonyl (C=O) groups is 1. The third kappa shape index (κ3) is 4.34. The van der Waals surface area contributed by atoms with Gasteiger partial charge in [0.05, 0.1) is 0 Å². The summed E-state index contributed by atoms with van der Waals surface area (Å²) in [6.45, 7) is 4.21. The molecular formula is C18H18BrClN2O. The fourth-order valence-corrected chi connectivity index (χ4v) is 3.29. The highest BCUT2D eigenvalue weighted by Gasteiger charge is 2.22. The molecule has 1 saturated heterocycles. The fourth-order valence-electron chi connectivity index (χ4n) is 2.76. The summed E-state index contributed by atoms with van der Waals surface area (Å²) in [5, 5.41) is 0.762. The van der Waals surface area contributed by atoms with Crippen LogP contribution in [0.25, 0.3) is 0 Å². The van der Waals surface area contributed by atoms with Crippen molar-refractivity contribution < 1.29 is 4.79 Å². The standard InChI is InChI=1S/C18H18BrClN2O/c19-16-3-1-2-15(12-16)18(23)22-10-8-21(9-11-22)13-14-4-6-17(20)7-5-14/h1-7,12H,8-11,13H2. The van der Waals surface area contributed by atoms with E-state index >= 15 is 0 Å². The van der Waals surface area contributed by atoms with Crippen molar-refractivity contribution in [2.45, 2.75) is 6.54 Å². The molecule has 1 fully saturated rings. The smallest absolute Gasteiger partial charge is 0.253 e. The maximum Gasteiger partial charge on any atom is 0.253 e. The number of benzene rings is 2. The first-order chi connectivity index (χ1) is 11.1. The summed E-state index contributed by atoms with van der Waals surface area (Å²) in [6.07, 6.45) is 0.